The van der Waals surface area contributed by atoms with Crippen molar-refractivity contribution >= 4 is 0 Å². The smallest absolute Gasteiger partial charge is 0.238 e. The molecule has 0 N–H and O–H groups in total. The Balaban J connectivity index is 2.08. The van der Waals surface area contributed by atoms with Gasteiger partial charge in [0, 0.05) is 18.1 Å². The molecule has 2 rings (SSSR count). The summed E-state index contributed by atoms with van der Waals surface area (Å²) >= 11 is 0. The summed E-state index contributed by atoms with van der Waals surface area (Å²) in [7, 11) is 1.95. The summed E-state index contributed by atoms with van der Waals surface area (Å²) in [6.07, 6.45) is 2.08. The van der Waals surface area contributed by atoms with Crippen molar-refractivity contribution in [1.29, 1.82) is 0 Å². The van der Waals surface area contributed by atoms with E-state index in [1.54, 1.807) is 0 Å². The molecule has 0 bridgehead atoms. The summed E-state index contributed by atoms with van der Waals surface area (Å²) in [5.41, 5.74) is 1.04. The van der Waals surface area contributed by atoms with Gasteiger partial charge in [-0.2, -0.15) is 0 Å². The van der Waals surface area contributed by atoms with E-state index in [1.165, 1.54) is 0 Å². The maximum absolute atomic E-state index is 11.6. The van der Waals surface area contributed by atoms with Crippen molar-refractivity contribution in [3.05, 3.63) is 46.0 Å². The minimum atomic E-state index is -0.598. The van der Waals surface area contributed by atoms with Gasteiger partial charge in [-0.3, -0.25) is 15.0 Å². The summed E-state index contributed by atoms with van der Waals surface area (Å²) in [5, 5.41) is 11.6. The molecule has 0 radical (unpaired) electrons. The third-order valence-corrected chi connectivity index (χ3v) is 4.26. The van der Waals surface area contributed by atoms with Crippen LogP contribution in [0.15, 0.2) is 30.3 Å². The van der Waals surface area contributed by atoms with E-state index in [2.05, 4.69) is 11.8 Å². The largest absolute Gasteiger partial charge is 0.380 e. The standard InChI is InChI=1S/C16H24N2O3/c1-3-4-10-21-12-15-16(18(19)20)14(11-17(15)2)13-8-6-5-7-9-13/h5-9,14-16H,3-4,10-12H2,1-2H3/t14-,15+,16-/m1/s1. The topological polar surface area (TPSA) is 55.6 Å². The van der Waals surface area contributed by atoms with Crippen LogP contribution in [0.1, 0.15) is 31.2 Å². The van der Waals surface area contributed by atoms with Crippen molar-refractivity contribution < 1.29 is 9.66 Å². The van der Waals surface area contributed by atoms with Crippen LogP contribution in [0.2, 0.25) is 0 Å². The maximum Gasteiger partial charge on any atom is 0.238 e. The van der Waals surface area contributed by atoms with E-state index in [4.69, 9.17) is 4.74 Å². The van der Waals surface area contributed by atoms with Gasteiger partial charge in [-0.15, -0.1) is 0 Å². The number of hydrogen-bond acceptors (Lipinski definition) is 4. The van der Waals surface area contributed by atoms with Gasteiger partial charge in [-0.25, -0.2) is 0 Å². The lowest BCUT2D eigenvalue weighted by Gasteiger charge is -2.20. The first-order valence-electron chi connectivity index (χ1n) is 7.61. The molecular formula is C16H24N2O3. The van der Waals surface area contributed by atoms with Crippen LogP contribution in [0, 0.1) is 10.1 Å². The highest BCUT2D eigenvalue weighted by Crippen LogP contribution is 2.33. The van der Waals surface area contributed by atoms with E-state index in [1.807, 2.05) is 37.4 Å². The second-order valence-corrected chi connectivity index (χ2v) is 5.73. The lowest BCUT2D eigenvalue weighted by molar-refractivity contribution is -0.528. The van der Waals surface area contributed by atoms with Crippen molar-refractivity contribution in [2.75, 3.05) is 26.8 Å². The van der Waals surface area contributed by atoms with E-state index < -0.39 is 6.04 Å². The first-order chi connectivity index (χ1) is 10.1. The molecule has 0 unspecified atom stereocenters. The number of hydrogen-bond donors (Lipinski definition) is 0. The molecule has 0 saturated carbocycles. The minimum absolute atomic E-state index is 0.0639. The first-order valence-corrected chi connectivity index (χ1v) is 7.61. The van der Waals surface area contributed by atoms with Gasteiger partial charge in [0.05, 0.1) is 12.5 Å². The summed E-state index contributed by atoms with van der Waals surface area (Å²) in [4.78, 5) is 13.5. The molecule has 1 heterocycles. The maximum atomic E-state index is 11.6. The zero-order valence-electron chi connectivity index (χ0n) is 12.8. The Hall–Kier alpha value is -1.46. The zero-order valence-corrected chi connectivity index (χ0v) is 12.8. The fourth-order valence-electron chi connectivity index (χ4n) is 3.05. The number of likely N-dealkylation sites (tertiary alicyclic amines) is 1. The van der Waals surface area contributed by atoms with Crippen LogP contribution in [0.5, 0.6) is 0 Å². The molecule has 0 aliphatic carbocycles. The van der Waals surface area contributed by atoms with E-state index in [0.717, 1.165) is 18.4 Å². The molecule has 1 aromatic rings. The monoisotopic (exact) mass is 292 g/mol. The third-order valence-electron chi connectivity index (χ3n) is 4.26. The third kappa shape index (κ3) is 3.80. The van der Waals surface area contributed by atoms with Crippen LogP contribution in [-0.2, 0) is 4.74 Å². The van der Waals surface area contributed by atoms with Gasteiger partial charge in [0.2, 0.25) is 6.04 Å². The summed E-state index contributed by atoms with van der Waals surface area (Å²) in [5.74, 6) is -0.0639. The molecule has 0 amide bonds. The molecule has 0 aromatic heterocycles. The number of unbranched alkanes of at least 4 members (excludes halogenated alkanes) is 1. The van der Waals surface area contributed by atoms with Crippen LogP contribution in [-0.4, -0.2) is 48.7 Å². The predicted molar refractivity (Wildman–Crippen MR) is 82.1 cm³/mol. The Morgan fingerprint density at radius 2 is 2.10 bits per heavy atom. The Bertz CT molecular complexity index is 452. The molecule has 3 atom stereocenters. The second-order valence-electron chi connectivity index (χ2n) is 5.73. The number of nitro groups is 1. The van der Waals surface area contributed by atoms with Gasteiger partial charge in [0.1, 0.15) is 6.04 Å². The zero-order chi connectivity index (χ0) is 15.2. The Morgan fingerprint density at radius 1 is 1.38 bits per heavy atom. The van der Waals surface area contributed by atoms with Crippen molar-refractivity contribution in [2.24, 2.45) is 0 Å². The molecule has 5 nitrogen and oxygen atoms in total. The van der Waals surface area contributed by atoms with Crippen molar-refractivity contribution in [2.45, 2.75) is 37.8 Å². The van der Waals surface area contributed by atoms with Crippen LogP contribution in [0.25, 0.3) is 0 Å². The van der Waals surface area contributed by atoms with Crippen molar-refractivity contribution in [3.63, 3.8) is 0 Å². The van der Waals surface area contributed by atoms with Gasteiger partial charge >= 0.3 is 0 Å². The molecule has 21 heavy (non-hydrogen) atoms. The molecule has 1 aliphatic heterocycles. The van der Waals surface area contributed by atoms with E-state index in [0.29, 0.717) is 19.8 Å². The Kier molecular flexibility index (Phi) is 5.70. The quantitative estimate of drug-likeness (QED) is 0.440. The first kappa shape index (κ1) is 15.9. The summed E-state index contributed by atoms with van der Waals surface area (Å²) in [6.45, 7) is 3.93. The molecule has 1 aliphatic rings. The van der Waals surface area contributed by atoms with Gasteiger partial charge in [-0.1, -0.05) is 43.7 Å². The fourth-order valence-corrected chi connectivity index (χ4v) is 3.05. The number of benzene rings is 1. The normalized spacial score (nSPS) is 26.1. The lowest BCUT2D eigenvalue weighted by atomic mass is 9.92. The van der Waals surface area contributed by atoms with E-state index in [-0.39, 0.29) is 16.9 Å². The molecule has 0 spiro atoms. The summed E-state index contributed by atoms with van der Waals surface area (Å²) in [6, 6.07) is 9.04. The number of likely N-dealkylation sites (N-methyl/N-ethyl adjacent to an activating group) is 1. The molecule has 116 valence electrons. The number of nitrogens with zero attached hydrogens (tertiary/aromatic N) is 2. The van der Waals surface area contributed by atoms with Gasteiger partial charge < -0.3 is 4.74 Å². The second kappa shape index (κ2) is 7.52. The van der Waals surface area contributed by atoms with Crippen LogP contribution in [0.3, 0.4) is 0 Å². The number of ether oxygens (including phenoxy) is 1. The molecule has 1 saturated heterocycles. The van der Waals surface area contributed by atoms with Gasteiger partial charge in [0.25, 0.3) is 0 Å². The highest BCUT2D eigenvalue weighted by atomic mass is 16.6. The van der Waals surface area contributed by atoms with E-state index >= 15 is 0 Å². The van der Waals surface area contributed by atoms with Crippen LogP contribution >= 0.6 is 0 Å². The lowest BCUT2D eigenvalue weighted by Crippen LogP contribution is -2.41. The van der Waals surface area contributed by atoms with E-state index in [9.17, 15) is 10.1 Å². The number of rotatable bonds is 7. The van der Waals surface area contributed by atoms with Crippen LogP contribution in [0.4, 0.5) is 0 Å². The van der Waals surface area contributed by atoms with Crippen molar-refractivity contribution in [3.8, 4) is 0 Å². The van der Waals surface area contributed by atoms with Crippen LogP contribution < -0.4 is 0 Å². The Morgan fingerprint density at radius 3 is 2.71 bits per heavy atom. The SMILES string of the molecule is CCCCOC[C@H]1[C@H]([N+](=O)[O-])[C@@H](c2ccccc2)CN1C. The van der Waals surface area contributed by atoms with Gasteiger partial charge in [0.15, 0.2) is 0 Å². The highest BCUT2D eigenvalue weighted by Gasteiger charge is 2.48. The summed E-state index contributed by atoms with van der Waals surface area (Å²) < 4.78 is 5.65. The van der Waals surface area contributed by atoms with Crippen molar-refractivity contribution in [1.82, 2.24) is 4.90 Å². The molecule has 1 fully saturated rings. The average molecular weight is 292 g/mol. The minimum Gasteiger partial charge on any atom is -0.380 e. The molecular weight excluding hydrogens is 268 g/mol. The fraction of sp³-hybridized carbons (Fsp3) is 0.625. The highest BCUT2D eigenvalue weighted by molar-refractivity contribution is 5.23. The molecule has 1 aromatic carbocycles. The molecule has 5 heteroatoms. The predicted octanol–water partition coefficient (Wildman–Crippen LogP) is 2.55. The van der Waals surface area contributed by atoms with Gasteiger partial charge in [-0.05, 0) is 19.0 Å². The Labute approximate surface area is 126 Å². The average Bonchev–Trinajstić information content (AvgIpc) is 2.82.